The molecule has 158 valence electrons. The molecule has 7 heteroatoms. The number of nitrogens with zero attached hydrogens (tertiary/aromatic N) is 5. The van der Waals surface area contributed by atoms with Crippen LogP contribution >= 0.6 is 0 Å². The monoisotopic (exact) mass is 414 g/mol. The highest BCUT2D eigenvalue weighted by Crippen LogP contribution is 2.27. The Kier molecular flexibility index (Phi) is 5.11. The van der Waals surface area contributed by atoms with E-state index in [0.29, 0.717) is 12.4 Å². The molecule has 2 aromatic heterocycles. The first-order valence-corrected chi connectivity index (χ1v) is 10.8. The van der Waals surface area contributed by atoms with Crippen LogP contribution in [0.15, 0.2) is 42.5 Å². The summed E-state index contributed by atoms with van der Waals surface area (Å²) in [7, 11) is 0. The molecule has 5 rings (SSSR count). The summed E-state index contributed by atoms with van der Waals surface area (Å²) >= 11 is 0. The zero-order valence-electron chi connectivity index (χ0n) is 17.9. The van der Waals surface area contributed by atoms with Crippen LogP contribution in [-0.4, -0.2) is 50.3 Å². The zero-order chi connectivity index (χ0) is 21.4. The van der Waals surface area contributed by atoms with Crippen molar-refractivity contribution in [1.82, 2.24) is 24.7 Å². The lowest BCUT2D eigenvalue weighted by molar-refractivity contribution is -0.117. The Balaban J connectivity index is 1.47. The summed E-state index contributed by atoms with van der Waals surface area (Å²) < 4.78 is 1.79. The predicted octanol–water partition coefficient (Wildman–Crippen LogP) is 3.99. The molecule has 0 spiro atoms. The summed E-state index contributed by atoms with van der Waals surface area (Å²) in [5, 5.41) is 18.8. The summed E-state index contributed by atoms with van der Waals surface area (Å²) in [5.41, 5.74) is 4.33. The average Bonchev–Trinajstić information content (AvgIpc) is 3.20. The van der Waals surface area contributed by atoms with E-state index in [-0.39, 0.29) is 5.91 Å². The number of aryl methyl sites for hydroxylation is 2. The zero-order valence-corrected chi connectivity index (χ0v) is 17.9. The predicted molar refractivity (Wildman–Crippen MR) is 122 cm³/mol. The van der Waals surface area contributed by atoms with Crippen molar-refractivity contribution >= 4 is 28.0 Å². The number of likely N-dealkylation sites (tertiary alicyclic amines) is 1. The summed E-state index contributed by atoms with van der Waals surface area (Å²) in [5.74, 6) is 0.684. The fourth-order valence-corrected chi connectivity index (χ4v) is 4.33. The fraction of sp³-hybridized carbons (Fsp3) is 0.333. The van der Waals surface area contributed by atoms with Crippen LogP contribution in [0.4, 0.5) is 5.69 Å². The maximum atomic E-state index is 12.6. The minimum atomic E-state index is 0.0215. The second-order valence-corrected chi connectivity index (χ2v) is 8.30. The van der Waals surface area contributed by atoms with Gasteiger partial charge in [0.25, 0.3) is 0 Å². The van der Waals surface area contributed by atoms with Crippen LogP contribution in [0.2, 0.25) is 0 Å². The molecule has 0 bridgehead atoms. The van der Waals surface area contributed by atoms with E-state index in [1.807, 2.05) is 56.3 Å². The Labute approximate surface area is 181 Å². The Morgan fingerprint density at radius 3 is 2.58 bits per heavy atom. The maximum absolute atomic E-state index is 12.6. The second-order valence-electron chi connectivity index (χ2n) is 8.30. The highest BCUT2D eigenvalue weighted by molar-refractivity contribution is 5.96. The van der Waals surface area contributed by atoms with Crippen molar-refractivity contribution < 1.29 is 4.79 Å². The molecule has 3 heterocycles. The number of anilines is 1. The molecule has 0 aliphatic carbocycles. The standard InChI is InChI=1S/C24H26N6O/c1-16-10-11-18(14-21(16)25-22(31)15-29-12-6-3-7-13-29)23-26-27-24-20-9-5-4-8-19(20)17(2)28-30(23)24/h4-5,8-11,14H,3,6-7,12-13,15H2,1-2H3,(H,25,31). The van der Waals surface area contributed by atoms with Crippen molar-refractivity contribution in [2.75, 3.05) is 25.0 Å². The van der Waals surface area contributed by atoms with Crippen molar-refractivity contribution in [2.24, 2.45) is 0 Å². The number of hydrogen-bond acceptors (Lipinski definition) is 5. The molecule has 4 aromatic rings. The molecular weight excluding hydrogens is 388 g/mol. The van der Waals surface area contributed by atoms with E-state index in [9.17, 15) is 4.79 Å². The Morgan fingerprint density at radius 2 is 1.77 bits per heavy atom. The van der Waals surface area contributed by atoms with Crippen molar-refractivity contribution in [3.8, 4) is 11.4 Å². The van der Waals surface area contributed by atoms with Crippen molar-refractivity contribution in [2.45, 2.75) is 33.1 Å². The van der Waals surface area contributed by atoms with Gasteiger partial charge in [-0.2, -0.15) is 9.61 Å². The van der Waals surface area contributed by atoms with Crippen molar-refractivity contribution in [3.63, 3.8) is 0 Å². The van der Waals surface area contributed by atoms with Crippen LogP contribution in [0.25, 0.3) is 27.8 Å². The third-order valence-corrected chi connectivity index (χ3v) is 6.03. The topological polar surface area (TPSA) is 75.4 Å². The molecule has 0 atom stereocenters. The Bertz CT molecular complexity index is 1270. The van der Waals surface area contributed by atoms with E-state index >= 15 is 0 Å². The number of carbonyl (C=O) groups excluding carboxylic acids is 1. The largest absolute Gasteiger partial charge is 0.325 e. The van der Waals surface area contributed by atoms with Gasteiger partial charge in [-0.3, -0.25) is 9.69 Å². The molecule has 1 fully saturated rings. The van der Waals surface area contributed by atoms with E-state index in [1.54, 1.807) is 4.52 Å². The van der Waals surface area contributed by atoms with Gasteiger partial charge in [-0.1, -0.05) is 42.8 Å². The van der Waals surface area contributed by atoms with Gasteiger partial charge in [0.2, 0.25) is 5.91 Å². The van der Waals surface area contributed by atoms with E-state index in [1.165, 1.54) is 19.3 Å². The summed E-state index contributed by atoms with van der Waals surface area (Å²) in [4.78, 5) is 14.9. The lowest BCUT2D eigenvalue weighted by atomic mass is 10.1. The quantitative estimate of drug-likeness (QED) is 0.547. The van der Waals surface area contributed by atoms with Crippen molar-refractivity contribution in [3.05, 3.63) is 53.7 Å². The molecule has 0 radical (unpaired) electrons. The summed E-state index contributed by atoms with van der Waals surface area (Å²) in [6.45, 7) is 6.42. The van der Waals surface area contributed by atoms with Crippen LogP contribution in [0, 0.1) is 13.8 Å². The first-order chi connectivity index (χ1) is 15.1. The molecule has 1 amide bonds. The number of piperidine rings is 1. The van der Waals surface area contributed by atoms with E-state index < -0.39 is 0 Å². The van der Waals surface area contributed by atoms with Gasteiger partial charge in [-0.25, -0.2) is 0 Å². The normalized spacial score (nSPS) is 14.9. The third kappa shape index (κ3) is 3.77. The molecule has 1 aliphatic heterocycles. The number of amides is 1. The van der Waals surface area contributed by atoms with Gasteiger partial charge < -0.3 is 5.32 Å². The van der Waals surface area contributed by atoms with E-state index in [2.05, 4.69) is 20.4 Å². The number of fused-ring (bicyclic) bond motifs is 3. The summed E-state index contributed by atoms with van der Waals surface area (Å²) in [6.07, 6.45) is 3.60. The molecule has 0 unspecified atom stereocenters. The highest BCUT2D eigenvalue weighted by Gasteiger charge is 2.17. The lowest BCUT2D eigenvalue weighted by Gasteiger charge is -2.25. The molecule has 7 nitrogen and oxygen atoms in total. The van der Waals surface area contributed by atoms with Gasteiger partial charge in [0.05, 0.1) is 12.2 Å². The van der Waals surface area contributed by atoms with Crippen LogP contribution in [0.5, 0.6) is 0 Å². The molecule has 2 aromatic carbocycles. The number of carbonyl (C=O) groups is 1. The SMILES string of the molecule is Cc1ccc(-c2nnc3c4ccccc4c(C)nn23)cc1NC(=O)CN1CCCCC1. The number of nitrogens with one attached hydrogen (secondary N) is 1. The second kappa shape index (κ2) is 8.07. The third-order valence-electron chi connectivity index (χ3n) is 6.03. The smallest absolute Gasteiger partial charge is 0.238 e. The number of rotatable bonds is 4. The lowest BCUT2D eigenvalue weighted by Crippen LogP contribution is -2.36. The van der Waals surface area contributed by atoms with Gasteiger partial charge in [-0.15, -0.1) is 10.2 Å². The minimum Gasteiger partial charge on any atom is -0.325 e. The van der Waals surface area contributed by atoms with Crippen LogP contribution < -0.4 is 5.32 Å². The van der Waals surface area contributed by atoms with Gasteiger partial charge in [0, 0.05) is 22.0 Å². The fourth-order valence-electron chi connectivity index (χ4n) is 4.33. The van der Waals surface area contributed by atoms with Crippen LogP contribution in [-0.2, 0) is 4.79 Å². The van der Waals surface area contributed by atoms with Gasteiger partial charge in [0.15, 0.2) is 11.5 Å². The van der Waals surface area contributed by atoms with Gasteiger partial charge >= 0.3 is 0 Å². The van der Waals surface area contributed by atoms with E-state index in [0.717, 1.165) is 52.0 Å². The minimum absolute atomic E-state index is 0.0215. The molecule has 0 saturated carbocycles. The Hall–Kier alpha value is -3.32. The molecule has 1 N–H and O–H groups in total. The number of aromatic nitrogens is 4. The van der Waals surface area contributed by atoms with Gasteiger partial charge in [-0.05, 0) is 51.4 Å². The first-order valence-electron chi connectivity index (χ1n) is 10.8. The molecule has 1 aliphatic rings. The summed E-state index contributed by atoms with van der Waals surface area (Å²) in [6, 6.07) is 14.1. The highest BCUT2D eigenvalue weighted by atomic mass is 16.2. The van der Waals surface area contributed by atoms with Crippen LogP contribution in [0.1, 0.15) is 30.5 Å². The number of hydrogen-bond donors (Lipinski definition) is 1. The molecular formula is C24H26N6O. The number of benzene rings is 2. The van der Waals surface area contributed by atoms with Crippen LogP contribution in [0.3, 0.4) is 0 Å². The van der Waals surface area contributed by atoms with Crippen molar-refractivity contribution in [1.29, 1.82) is 0 Å². The first kappa shape index (κ1) is 19.6. The Morgan fingerprint density at radius 1 is 1.00 bits per heavy atom. The van der Waals surface area contributed by atoms with E-state index in [4.69, 9.17) is 5.10 Å². The maximum Gasteiger partial charge on any atom is 0.238 e. The molecule has 1 saturated heterocycles. The average molecular weight is 415 g/mol. The van der Waals surface area contributed by atoms with Gasteiger partial charge in [0.1, 0.15) is 0 Å². The molecule has 31 heavy (non-hydrogen) atoms.